The number of imidazole rings is 1. The Hall–Kier alpha value is -4.08. The van der Waals surface area contributed by atoms with Crippen molar-refractivity contribution in [2.45, 2.75) is 45.9 Å². The fraction of sp³-hybridized carbons (Fsp3) is 0.296. The highest BCUT2D eigenvalue weighted by molar-refractivity contribution is 5.71. The molecule has 1 amide bonds. The molecular weight excluding hydrogens is 485 g/mol. The minimum atomic E-state index is -3.18. The van der Waals surface area contributed by atoms with Crippen molar-refractivity contribution < 1.29 is 27.4 Å². The maximum absolute atomic E-state index is 13.0. The van der Waals surface area contributed by atoms with Gasteiger partial charge in [-0.2, -0.15) is 8.78 Å². The smallest absolute Gasteiger partial charge is 0.394 e. The minimum absolute atomic E-state index is 0.147. The number of carbonyl (C=O) groups excluding carboxylic acids is 1. The van der Waals surface area contributed by atoms with Crippen LogP contribution in [0.1, 0.15) is 37.2 Å². The van der Waals surface area contributed by atoms with Crippen LogP contribution < -0.4 is 14.8 Å². The Morgan fingerprint density at radius 2 is 1.84 bits per heavy atom. The molecule has 0 unspecified atom stereocenters. The Bertz CT molecular complexity index is 1300. The van der Waals surface area contributed by atoms with Gasteiger partial charge in [-0.15, -0.1) is 0 Å². The molecule has 0 saturated heterocycles. The highest BCUT2D eigenvalue weighted by atomic mass is 19.3. The number of aromatic nitrogens is 3. The number of benzene rings is 2. The molecule has 2 aromatic carbocycles. The highest BCUT2D eigenvalue weighted by Gasteiger charge is 2.23. The van der Waals surface area contributed by atoms with Crippen LogP contribution in [0.2, 0.25) is 0 Å². The number of hydrogen-bond acceptors (Lipinski definition) is 5. The van der Waals surface area contributed by atoms with E-state index in [0.29, 0.717) is 25.1 Å². The third-order valence-electron chi connectivity index (χ3n) is 5.22. The number of nitrogens with one attached hydrogen (secondary N) is 1. The number of pyridine rings is 1. The number of aryl methyl sites for hydroxylation is 1. The summed E-state index contributed by atoms with van der Waals surface area (Å²) < 4.78 is 50.2. The van der Waals surface area contributed by atoms with Crippen LogP contribution in [-0.2, 0) is 24.3 Å². The molecule has 0 fully saturated rings. The lowest BCUT2D eigenvalue weighted by Gasteiger charge is -2.13. The van der Waals surface area contributed by atoms with Crippen LogP contribution in [0, 0.1) is 5.82 Å². The lowest BCUT2D eigenvalue weighted by atomic mass is 10.2. The number of carbonyl (C=O) groups is 1. The quantitative estimate of drug-likeness (QED) is 0.283. The second-order valence-electron chi connectivity index (χ2n) is 8.23. The highest BCUT2D eigenvalue weighted by Crippen LogP contribution is 2.23. The van der Waals surface area contributed by atoms with Gasteiger partial charge in [0, 0.05) is 26.1 Å². The topological polar surface area (TPSA) is 78.3 Å². The van der Waals surface area contributed by atoms with Crippen molar-refractivity contribution in [3.05, 3.63) is 83.6 Å². The predicted octanol–water partition coefficient (Wildman–Crippen LogP) is 5.50. The Morgan fingerprint density at radius 3 is 2.46 bits per heavy atom. The molecule has 37 heavy (non-hydrogen) atoms. The molecule has 10 heteroatoms. The summed E-state index contributed by atoms with van der Waals surface area (Å²) in [7, 11) is 1.40. The van der Waals surface area contributed by atoms with Crippen LogP contribution in [0.25, 0.3) is 11.2 Å². The molecule has 0 bridgehead atoms. The fourth-order valence-corrected chi connectivity index (χ4v) is 3.62. The third-order valence-corrected chi connectivity index (χ3v) is 5.22. The first-order valence-corrected chi connectivity index (χ1v) is 11.7. The Balaban J connectivity index is 0.000000248. The van der Waals surface area contributed by atoms with E-state index in [0.717, 1.165) is 42.3 Å². The molecule has 196 valence electrons. The second-order valence-corrected chi connectivity index (χ2v) is 8.23. The number of nitrogens with zero attached hydrogens (tertiary/aromatic N) is 3. The molecule has 0 atom stereocenters. The zero-order valence-electron chi connectivity index (χ0n) is 20.9. The lowest BCUT2D eigenvalue weighted by Crippen LogP contribution is -2.19. The summed E-state index contributed by atoms with van der Waals surface area (Å²) in [6, 6.07) is 15.0. The average Bonchev–Trinajstić information content (AvgIpc) is 3.20. The van der Waals surface area contributed by atoms with Gasteiger partial charge in [0.25, 0.3) is 0 Å². The average molecular weight is 515 g/mol. The van der Waals surface area contributed by atoms with Crippen LogP contribution in [0.15, 0.2) is 60.8 Å². The number of fused-ring (bicyclic) bond motifs is 1. The van der Waals surface area contributed by atoms with Crippen LogP contribution in [0.4, 0.5) is 13.2 Å². The van der Waals surface area contributed by atoms with E-state index in [-0.39, 0.29) is 11.5 Å². The van der Waals surface area contributed by atoms with Gasteiger partial charge in [-0.05, 0) is 53.9 Å². The molecule has 0 radical (unpaired) electrons. The predicted molar refractivity (Wildman–Crippen MR) is 134 cm³/mol. The summed E-state index contributed by atoms with van der Waals surface area (Å²) in [5.74, 6) is 0.905. The van der Waals surface area contributed by atoms with Gasteiger partial charge in [-0.25, -0.2) is 14.4 Å². The SMILES string of the molecule is CCCc1nc2cccnc2n1Cc1ccc(OC(C)(F)F)cc1.COc1ccc(CNC=O)cc1F. The first-order chi connectivity index (χ1) is 17.7. The number of ether oxygens (including phenoxy) is 2. The summed E-state index contributed by atoms with van der Waals surface area (Å²) in [5.41, 5.74) is 3.38. The van der Waals surface area contributed by atoms with Crippen LogP contribution >= 0.6 is 0 Å². The van der Waals surface area contributed by atoms with E-state index in [1.165, 1.54) is 19.2 Å². The Kier molecular flexibility index (Phi) is 9.48. The summed E-state index contributed by atoms with van der Waals surface area (Å²) >= 11 is 0. The molecule has 4 rings (SSSR count). The van der Waals surface area contributed by atoms with Gasteiger partial charge in [0.05, 0.1) is 13.7 Å². The summed E-state index contributed by atoms with van der Waals surface area (Å²) in [5, 5.41) is 2.44. The standard InChI is InChI=1S/C18H19F2N3O.C9H10FNO2/c1-3-5-16-22-15-6-4-11-21-17(15)23(16)12-13-7-9-14(10-8-13)24-18(2,19)20;1-13-9-3-2-7(4-8(9)10)5-11-6-12/h4,6-11H,3,5,12H2,1-2H3;2-4,6H,5H2,1H3,(H,11,12). The van der Waals surface area contributed by atoms with Gasteiger partial charge in [0.2, 0.25) is 6.41 Å². The van der Waals surface area contributed by atoms with Gasteiger partial charge in [0.15, 0.2) is 17.2 Å². The maximum atomic E-state index is 13.0. The van der Waals surface area contributed by atoms with Crippen LogP contribution in [0.5, 0.6) is 11.5 Å². The van der Waals surface area contributed by atoms with Crippen LogP contribution in [-0.4, -0.2) is 34.2 Å². The third kappa shape index (κ3) is 7.96. The van der Waals surface area contributed by atoms with E-state index in [1.807, 2.05) is 12.1 Å². The van der Waals surface area contributed by atoms with Crippen molar-refractivity contribution in [1.29, 1.82) is 0 Å². The molecule has 0 aliphatic rings. The van der Waals surface area contributed by atoms with Crippen molar-refractivity contribution in [2.75, 3.05) is 7.11 Å². The van der Waals surface area contributed by atoms with E-state index in [2.05, 4.69) is 31.5 Å². The van der Waals surface area contributed by atoms with Crippen molar-refractivity contribution in [1.82, 2.24) is 19.9 Å². The zero-order chi connectivity index (χ0) is 26.8. The van der Waals surface area contributed by atoms with E-state index in [1.54, 1.807) is 36.5 Å². The fourth-order valence-electron chi connectivity index (χ4n) is 3.62. The molecule has 0 saturated carbocycles. The first-order valence-electron chi connectivity index (χ1n) is 11.7. The minimum Gasteiger partial charge on any atom is -0.494 e. The molecule has 0 aliphatic heterocycles. The molecule has 2 aromatic heterocycles. The zero-order valence-corrected chi connectivity index (χ0v) is 20.9. The number of halogens is 3. The number of rotatable bonds is 10. The van der Waals surface area contributed by atoms with E-state index >= 15 is 0 Å². The molecule has 7 nitrogen and oxygen atoms in total. The molecule has 0 spiro atoms. The summed E-state index contributed by atoms with van der Waals surface area (Å²) in [6.45, 7) is 3.74. The van der Waals surface area contributed by atoms with Crippen LogP contribution in [0.3, 0.4) is 0 Å². The van der Waals surface area contributed by atoms with Gasteiger partial charge >= 0.3 is 6.11 Å². The number of alkyl halides is 2. The van der Waals surface area contributed by atoms with Gasteiger partial charge in [-0.1, -0.05) is 25.1 Å². The van der Waals surface area contributed by atoms with Gasteiger partial charge < -0.3 is 19.4 Å². The maximum Gasteiger partial charge on any atom is 0.394 e. The lowest BCUT2D eigenvalue weighted by molar-refractivity contribution is -0.158. The first kappa shape index (κ1) is 27.5. The van der Waals surface area contributed by atoms with Crippen molar-refractivity contribution in [3.8, 4) is 11.5 Å². The molecule has 0 aliphatic carbocycles. The van der Waals surface area contributed by atoms with E-state index < -0.39 is 11.9 Å². The number of hydrogen-bond donors (Lipinski definition) is 1. The number of methoxy groups -OCH3 is 1. The number of amides is 1. The van der Waals surface area contributed by atoms with E-state index in [9.17, 15) is 18.0 Å². The molecule has 1 N–H and O–H groups in total. The largest absolute Gasteiger partial charge is 0.494 e. The molecular formula is C27H29F3N4O3. The van der Waals surface area contributed by atoms with Gasteiger partial charge in [0.1, 0.15) is 17.1 Å². The van der Waals surface area contributed by atoms with Crippen molar-refractivity contribution in [2.24, 2.45) is 0 Å². The monoisotopic (exact) mass is 514 g/mol. The Labute approximate surface area is 213 Å². The van der Waals surface area contributed by atoms with Crippen molar-refractivity contribution in [3.63, 3.8) is 0 Å². The Morgan fingerprint density at radius 1 is 1.11 bits per heavy atom. The summed E-state index contributed by atoms with van der Waals surface area (Å²) in [4.78, 5) is 19.0. The van der Waals surface area contributed by atoms with E-state index in [4.69, 9.17) is 4.74 Å². The van der Waals surface area contributed by atoms with Crippen molar-refractivity contribution >= 4 is 17.6 Å². The van der Waals surface area contributed by atoms with Gasteiger partial charge in [-0.3, -0.25) is 4.79 Å². The summed E-state index contributed by atoms with van der Waals surface area (Å²) in [6.07, 6.45) is 0.986. The normalized spacial score (nSPS) is 11.0. The second kappa shape index (κ2) is 12.8. The molecule has 4 aromatic rings. The molecule has 2 heterocycles.